The molecule has 1 aromatic rings. The van der Waals surface area contributed by atoms with Crippen LogP contribution in [0.3, 0.4) is 0 Å². The molecule has 1 atom stereocenters. The molecule has 0 radical (unpaired) electrons. The van der Waals surface area contributed by atoms with Crippen molar-refractivity contribution in [3.05, 3.63) is 35.6 Å². The summed E-state index contributed by atoms with van der Waals surface area (Å²) in [5.74, 6) is -0.382. The van der Waals surface area contributed by atoms with Crippen LogP contribution < -0.4 is 0 Å². The summed E-state index contributed by atoms with van der Waals surface area (Å²) in [6, 6.07) is 5.90. The van der Waals surface area contributed by atoms with Crippen molar-refractivity contribution in [1.29, 1.82) is 0 Å². The number of aliphatic hydroxyl groups is 1. The average molecular weight is 337 g/mol. The summed E-state index contributed by atoms with van der Waals surface area (Å²) in [6.07, 6.45) is 1.79. The highest BCUT2D eigenvalue weighted by Crippen LogP contribution is 2.24. The highest BCUT2D eigenvalue weighted by Gasteiger charge is 2.31. The molecule has 0 saturated carbocycles. The molecule has 1 aromatic carbocycles. The minimum Gasteiger partial charge on any atom is -0.396 e. The molecule has 0 spiro atoms. The van der Waals surface area contributed by atoms with Gasteiger partial charge in [-0.15, -0.1) is 0 Å². The molecule has 0 unspecified atom stereocenters. The van der Waals surface area contributed by atoms with E-state index in [9.17, 15) is 9.18 Å². The number of benzene rings is 1. The van der Waals surface area contributed by atoms with Gasteiger partial charge in [-0.3, -0.25) is 14.6 Å². The number of likely N-dealkylation sites (N-methyl/N-ethyl adjacent to an activating group) is 1. The lowest BCUT2D eigenvalue weighted by molar-refractivity contribution is -0.138. The van der Waals surface area contributed by atoms with Gasteiger partial charge < -0.3 is 10.0 Å². The summed E-state index contributed by atoms with van der Waals surface area (Å²) < 4.78 is 14.1. The van der Waals surface area contributed by atoms with Crippen LogP contribution in [0.5, 0.6) is 0 Å². The molecule has 1 fully saturated rings. The third-order valence-corrected chi connectivity index (χ3v) is 4.52. The molecule has 1 amide bonds. The van der Waals surface area contributed by atoms with E-state index in [-0.39, 0.29) is 18.3 Å². The number of piperazine rings is 1. The summed E-state index contributed by atoms with van der Waals surface area (Å²) in [4.78, 5) is 18.8. The number of hydrogen-bond acceptors (Lipinski definition) is 4. The first-order valence-corrected chi connectivity index (χ1v) is 8.57. The Morgan fingerprint density at radius 2 is 1.88 bits per heavy atom. The molecule has 1 heterocycles. The van der Waals surface area contributed by atoms with Crippen LogP contribution in [0.15, 0.2) is 24.3 Å². The average Bonchev–Trinajstić information content (AvgIpc) is 2.57. The number of rotatable bonds is 7. The molecule has 0 bridgehead atoms. The van der Waals surface area contributed by atoms with Crippen molar-refractivity contribution in [2.24, 2.45) is 0 Å². The zero-order valence-corrected chi connectivity index (χ0v) is 14.6. The Kier molecular flexibility index (Phi) is 7.15. The van der Waals surface area contributed by atoms with E-state index in [1.54, 1.807) is 37.2 Å². The lowest BCUT2D eigenvalue weighted by Gasteiger charge is -2.37. The first-order valence-electron chi connectivity index (χ1n) is 8.57. The van der Waals surface area contributed by atoms with Crippen molar-refractivity contribution < 1.29 is 14.3 Å². The lowest BCUT2D eigenvalue weighted by atomic mass is 10.0. The number of halogens is 1. The Bertz CT molecular complexity index is 531. The molecule has 6 heteroatoms. The molecular formula is C18H28FN3O2. The van der Waals surface area contributed by atoms with E-state index in [4.69, 9.17) is 5.11 Å². The van der Waals surface area contributed by atoms with Crippen LogP contribution in [-0.2, 0) is 4.79 Å². The standard InChI is InChI=1S/C18H28FN3O2/c1-20(2)17(15-7-3-4-8-16(15)19)18(24)22-12-10-21(11-13-22)9-5-6-14-23/h3-4,7-8,17,23H,5-6,9-14H2,1-2H3/t17-/m0/s1. The van der Waals surface area contributed by atoms with E-state index < -0.39 is 6.04 Å². The third-order valence-electron chi connectivity index (χ3n) is 4.52. The molecule has 24 heavy (non-hydrogen) atoms. The number of nitrogens with zero attached hydrogens (tertiary/aromatic N) is 3. The van der Waals surface area contributed by atoms with Gasteiger partial charge in [0, 0.05) is 38.3 Å². The van der Waals surface area contributed by atoms with Gasteiger partial charge in [0.1, 0.15) is 11.9 Å². The van der Waals surface area contributed by atoms with Gasteiger partial charge in [0.05, 0.1) is 0 Å². The molecule has 1 saturated heterocycles. The van der Waals surface area contributed by atoms with Crippen molar-refractivity contribution in [2.45, 2.75) is 18.9 Å². The van der Waals surface area contributed by atoms with Crippen LogP contribution in [0.1, 0.15) is 24.4 Å². The fourth-order valence-corrected chi connectivity index (χ4v) is 3.14. The largest absolute Gasteiger partial charge is 0.396 e. The Labute approximate surface area is 143 Å². The van der Waals surface area contributed by atoms with Gasteiger partial charge in [0.2, 0.25) is 5.91 Å². The van der Waals surface area contributed by atoms with Crippen LogP contribution >= 0.6 is 0 Å². The minimum absolute atomic E-state index is 0.0416. The van der Waals surface area contributed by atoms with Crippen LogP contribution in [0.4, 0.5) is 4.39 Å². The van der Waals surface area contributed by atoms with E-state index in [2.05, 4.69) is 4.90 Å². The molecule has 0 aromatic heterocycles. The molecule has 0 aliphatic carbocycles. The number of aliphatic hydroxyl groups excluding tert-OH is 1. The maximum atomic E-state index is 14.1. The Morgan fingerprint density at radius 1 is 1.21 bits per heavy atom. The van der Waals surface area contributed by atoms with Gasteiger partial charge in [-0.25, -0.2) is 4.39 Å². The predicted molar refractivity (Wildman–Crippen MR) is 92.2 cm³/mol. The van der Waals surface area contributed by atoms with E-state index in [1.165, 1.54) is 6.07 Å². The van der Waals surface area contributed by atoms with Gasteiger partial charge >= 0.3 is 0 Å². The number of amides is 1. The van der Waals surface area contributed by atoms with Gasteiger partial charge in [-0.05, 0) is 39.5 Å². The van der Waals surface area contributed by atoms with Crippen molar-refractivity contribution in [2.75, 3.05) is 53.4 Å². The van der Waals surface area contributed by atoms with Crippen molar-refractivity contribution in [3.8, 4) is 0 Å². The summed E-state index contributed by atoms with van der Waals surface area (Å²) >= 11 is 0. The lowest BCUT2D eigenvalue weighted by Crippen LogP contribution is -2.51. The second-order valence-corrected chi connectivity index (χ2v) is 6.49. The third kappa shape index (κ3) is 4.75. The van der Waals surface area contributed by atoms with Gasteiger partial charge in [0.25, 0.3) is 0 Å². The number of unbranched alkanes of at least 4 members (excludes halogenated alkanes) is 1. The van der Waals surface area contributed by atoms with Gasteiger partial charge in [0.15, 0.2) is 0 Å². The first kappa shape index (κ1) is 18.8. The van der Waals surface area contributed by atoms with Crippen LogP contribution in [0, 0.1) is 5.82 Å². The fourth-order valence-electron chi connectivity index (χ4n) is 3.14. The van der Waals surface area contributed by atoms with E-state index in [0.717, 1.165) is 32.5 Å². The van der Waals surface area contributed by atoms with Gasteiger partial charge in [-0.2, -0.15) is 0 Å². The maximum absolute atomic E-state index is 14.1. The van der Waals surface area contributed by atoms with E-state index >= 15 is 0 Å². The summed E-state index contributed by atoms with van der Waals surface area (Å²) in [7, 11) is 3.61. The molecule has 134 valence electrons. The Morgan fingerprint density at radius 3 is 2.46 bits per heavy atom. The molecule has 1 aliphatic heterocycles. The Balaban J connectivity index is 1.98. The Hall–Kier alpha value is -1.50. The van der Waals surface area contributed by atoms with Crippen molar-refractivity contribution in [1.82, 2.24) is 14.7 Å². The smallest absolute Gasteiger partial charge is 0.244 e. The SMILES string of the molecule is CN(C)[C@H](C(=O)N1CCN(CCCCO)CC1)c1ccccc1F. The zero-order valence-electron chi connectivity index (χ0n) is 14.6. The second kappa shape index (κ2) is 9.11. The number of carbonyl (C=O) groups is 1. The predicted octanol–water partition coefficient (Wildman–Crippen LogP) is 1.35. The number of hydrogen-bond donors (Lipinski definition) is 1. The minimum atomic E-state index is -0.591. The summed E-state index contributed by atoms with van der Waals surface area (Å²) in [5, 5.41) is 8.85. The quantitative estimate of drug-likeness (QED) is 0.763. The first-order chi connectivity index (χ1) is 11.5. The summed E-state index contributed by atoms with van der Waals surface area (Å²) in [6.45, 7) is 4.16. The molecule has 5 nitrogen and oxygen atoms in total. The normalized spacial score (nSPS) is 17.3. The van der Waals surface area contributed by atoms with Crippen LogP contribution in [0.2, 0.25) is 0 Å². The number of carbonyl (C=O) groups excluding carboxylic acids is 1. The zero-order chi connectivity index (χ0) is 17.5. The monoisotopic (exact) mass is 337 g/mol. The van der Waals surface area contributed by atoms with Gasteiger partial charge in [-0.1, -0.05) is 18.2 Å². The highest BCUT2D eigenvalue weighted by molar-refractivity contribution is 5.83. The second-order valence-electron chi connectivity index (χ2n) is 6.49. The van der Waals surface area contributed by atoms with E-state index in [0.29, 0.717) is 18.7 Å². The van der Waals surface area contributed by atoms with Crippen LogP contribution in [-0.4, -0.2) is 79.1 Å². The van der Waals surface area contributed by atoms with Crippen LogP contribution in [0.25, 0.3) is 0 Å². The topological polar surface area (TPSA) is 47.0 Å². The summed E-state index contributed by atoms with van der Waals surface area (Å²) in [5.41, 5.74) is 0.429. The molecule has 1 N–H and O–H groups in total. The maximum Gasteiger partial charge on any atom is 0.244 e. The molecule has 2 rings (SSSR count). The highest BCUT2D eigenvalue weighted by atomic mass is 19.1. The van der Waals surface area contributed by atoms with Crippen molar-refractivity contribution >= 4 is 5.91 Å². The molecule has 1 aliphatic rings. The van der Waals surface area contributed by atoms with Crippen molar-refractivity contribution in [3.63, 3.8) is 0 Å². The fraction of sp³-hybridized carbons (Fsp3) is 0.611. The molecular weight excluding hydrogens is 309 g/mol. The van der Waals surface area contributed by atoms with E-state index in [1.807, 2.05) is 4.90 Å².